The second-order valence-electron chi connectivity index (χ2n) is 8.19. The van der Waals surface area contributed by atoms with Gasteiger partial charge in [-0.1, -0.05) is 0 Å². The zero-order chi connectivity index (χ0) is 24.7. The van der Waals surface area contributed by atoms with E-state index < -0.39 is 29.4 Å². The number of halogens is 1. The van der Waals surface area contributed by atoms with Crippen LogP contribution in [0.15, 0.2) is 59.7 Å². The molecule has 0 fully saturated rings. The predicted octanol–water partition coefficient (Wildman–Crippen LogP) is 2.90. The number of anilines is 1. The number of aromatic nitrogens is 3. The number of hydrogen-bond donors (Lipinski definition) is 1. The van der Waals surface area contributed by atoms with Crippen LogP contribution in [-0.4, -0.2) is 51.0 Å². The Morgan fingerprint density at radius 1 is 1.12 bits per heavy atom. The number of benzene rings is 1. The van der Waals surface area contributed by atoms with Gasteiger partial charge in [-0.05, 0) is 51.1 Å². The Bertz CT molecular complexity index is 1110. The highest BCUT2D eigenvalue weighted by Crippen LogP contribution is 2.30. The number of oxazole rings is 1. The van der Waals surface area contributed by atoms with Crippen molar-refractivity contribution in [1.29, 1.82) is 0 Å². The van der Waals surface area contributed by atoms with Crippen LogP contribution in [0.3, 0.4) is 0 Å². The molecule has 0 aliphatic carbocycles. The molecular weight excluding hydrogens is 462 g/mol. The third kappa shape index (κ3) is 6.38. The molecule has 2 aromatic heterocycles. The van der Waals surface area contributed by atoms with Crippen molar-refractivity contribution in [2.45, 2.75) is 32.4 Å². The first-order valence-corrected chi connectivity index (χ1v) is 10.9. The summed E-state index contributed by atoms with van der Waals surface area (Å²) in [5.41, 5.74) is 0.816. The Morgan fingerprint density at radius 2 is 1.85 bits per heavy atom. The van der Waals surface area contributed by atoms with E-state index in [1.54, 1.807) is 57.3 Å². The Hall–Kier alpha value is -3.79. The van der Waals surface area contributed by atoms with Crippen LogP contribution >= 0.6 is 11.6 Å². The second-order valence-corrected chi connectivity index (χ2v) is 8.46. The van der Waals surface area contributed by atoms with E-state index in [9.17, 15) is 14.4 Å². The van der Waals surface area contributed by atoms with E-state index >= 15 is 0 Å². The monoisotopic (exact) mass is 485 g/mol. The van der Waals surface area contributed by atoms with Crippen molar-refractivity contribution in [2.75, 3.05) is 17.3 Å². The molecule has 178 valence electrons. The summed E-state index contributed by atoms with van der Waals surface area (Å²) < 4.78 is 10.5. The summed E-state index contributed by atoms with van der Waals surface area (Å²) in [7, 11) is 0. The summed E-state index contributed by atoms with van der Waals surface area (Å²) in [6.45, 7) is 4.79. The molecular formula is C23H24ClN5O5. The van der Waals surface area contributed by atoms with Crippen LogP contribution in [-0.2, 0) is 19.1 Å². The summed E-state index contributed by atoms with van der Waals surface area (Å²) >= 11 is 5.90. The highest BCUT2D eigenvalue weighted by molar-refractivity contribution is 6.29. The molecule has 10 nitrogen and oxygen atoms in total. The Labute approximate surface area is 201 Å². The second kappa shape index (κ2) is 10.9. The topological polar surface area (TPSA) is 128 Å². The first-order valence-electron chi connectivity index (χ1n) is 10.3. The first kappa shape index (κ1) is 24.8. The fourth-order valence-corrected chi connectivity index (χ4v) is 3.29. The van der Waals surface area contributed by atoms with Gasteiger partial charge in [-0.3, -0.25) is 19.3 Å². The maximum absolute atomic E-state index is 13.3. The first-order chi connectivity index (χ1) is 16.2. The third-order valence-electron chi connectivity index (χ3n) is 4.50. The van der Waals surface area contributed by atoms with Gasteiger partial charge >= 0.3 is 5.97 Å². The zero-order valence-corrected chi connectivity index (χ0v) is 19.7. The van der Waals surface area contributed by atoms with Gasteiger partial charge in [-0.15, -0.1) is 11.6 Å². The molecule has 0 bridgehead atoms. The number of nitrogens with zero attached hydrogens (tertiary/aromatic N) is 4. The van der Waals surface area contributed by atoms with E-state index in [4.69, 9.17) is 20.8 Å². The summed E-state index contributed by atoms with van der Waals surface area (Å²) in [4.78, 5) is 43.5. The minimum Gasteiger partial charge on any atom is -0.459 e. The fourth-order valence-electron chi connectivity index (χ4n) is 3.16. The highest BCUT2D eigenvalue weighted by atomic mass is 35.5. The zero-order valence-electron chi connectivity index (χ0n) is 18.9. The largest absolute Gasteiger partial charge is 0.459 e. The Balaban J connectivity index is 1.93. The molecule has 11 heteroatoms. The fraction of sp³-hybridized carbons (Fsp3) is 0.304. The number of carbonyl (C=O) groups is 3. The average Bonchev–Trinajstić information content (AvgIpc) is 3.35. The van der Waals surface area contributed by atoms with Crippen LogP contribution in [0.4, 0.5) is 5.69 Å². The number of ether oxygens (including phenoxy) is 1. The van der Waals surface area contributed by atoms with Crippen LogP contribution < -0.4 is 10.2 Å². The standard InChI is InChI=1S/C23H24ClN5O5/c1-23(2,3)34-20(31)13-26-22(32)21(16-8-9-27-28-11-16)29(19(30)10-24)17-6-4-15(5-7-17)18-12-25-14-33-18/h4-9,11-12,14,21H,10,13H2,1-3H3,(H,26,32). The number of hydrogen-bond acceptors (Lipinski definition) is 8. The number of rotatable bonds is 8. The lowest BCUT2D eigenvalue weighted by atomic mass is 10.0. The number of esters is 1. The maximum atomic E-state index is 13.3. The van der Waals surface area contributed by atoms with E-state index in [1.807, 2.05) is 0 Å². The van der Waals surface area contributed by atoms with Gasteiger partial charge < -0.3 is 14.5 Å². The third-order valence-corrected chi connectivity index (χ3v) is 4.73. The van der Waals surface area contributed by atoms with Crippen molar-refractivity contribution in [3.63, 3.8) is 0 Å². The SMILES string of the molecule is CC(C)(C)OC(=O)CNC(=O)C(c1ccnnc1)N(C(=O)CCl)c1ccc(-c2cnco2)cc1. The molecule has 0 spiro atoms. The van der Waals surface area contributed by atoms with E-state index in [1.165, 1.54) is 23.7 Å². The number of nitrogens with one attached hydrogen (secondary N) is 1. The smallest absolute Gasteiger partial charge is 0.325 e. The van der Waals surface area contributed by atoms with Crippen molar-refractivity contribution in [2.24, 2.45) is 0 Å². The summed E-state index contributed by atoms with van der Waals surface area (Å²) in [6.07, 6.45) is 5.65. The molecule has 0 saturated carbocycles. The van der Waals surface area contributed by atoms with Gasteiger partial charge in [0.1, 0.15) is 24.1 Å². The molecule has 1 N–H and O–H groups in total. The van der Waals surface area contributed by atoms with Crippen LogP contribution in [0.2, 0.25) is 0 Å². The summed E-state index contributed by atoms with van der Waals surface area (Å²) in [6, 6.07) is 7.16. The van der Waals surface area contributed by atoms with Crippen molar-refractivity contribution in [3.8, 4) is 11.3 Å². The molecule has 0 saturated heterocycles. The van der Waals surface area contributed by atoms with E-state index in [0.29, 0.717) is 17.0 Å². The Morgan fingerprint density at radius 3 is 2.41 bits per heavy atom. The lowest BCUT2D eigenvalue weighted by Crippen LogP contribution is -2.46. The molecule has 2 heterocycles. The van der Waals surface area contributed by atoms with Crippen molar-refractivity contribution in [1.82, 2.24) is 20.5 Å². The van der Waals surface area contributed by atoms with Gasteiger partial charge in [-0.25, -0.2) is 4.98 Å². The van der Waals surface area contributed by atoms with Gasteiger partial charge in [0.25, 0.3) is 0 Å². The minimum absolute atomic E-state index is 0.377. The number of alkyl halides is 1. The summed E-state index contributed by atoms with van der Waals surface area (Å²) in [5.74, 6) is -1.58. The van der Waals surface area contributed by atoms with Crippen molar-refractivity contribution in [3.05, 3.63) is 60.9 Å². The molecule has 2 amide bonds. The number of amides is 2. The van der Waals surface area contributed by atoms with E-state index in [0.717, 1.165) is 5.56 Å². The van der Waals surface area contributed by atoms with E-state index in [-0.39, 0.29) is 12.4 Å². The lowest BCUT2D eigenvalue weighted by molar-refractivity contribution is -0.154. The molecule has 3 rings (SSSR count). The highest BCUT2D eigenvalue weighted by Gasteiger charge is 2.33. The molecule has 0 aliphatic heterocycles. The average molecular weight is 486 g/mol. The van der Waals surface area contributed by atoms with Gasteiger partial charge in [-0.2, -0.15) is 10.2 Å². The quantitative estimate of drug-likeness (QED) is 0.381. The normalized spacial score (nSPS) is 12.0. The minimum atomic E-state index is -1.17. The Kier molecular flexibility index (Phi) is 7.95. The number of carbonyl (C=O) groups excluding carboxylic acids is 3. The predicted molar refractivity (Wildman–Crippen MR) is 124 cm³/mol. The molecule has 1 aromatic carbocycles. The molecule has 0 aliphatic rings. The maximum Gasteiger partial charge on any atom is 0.325 e. The molecule has 1 unspecified atom stereocenters. The molecule has 3 aromatic rings. The van der Waals surface area contributed by atoms with Crippen molar-refractivity contribution < 1.29 is 23.5 Å². The molecule has 0 radical (unpaired) electrons. The van der Waals surface area contributed by atoms with Crippen molar-refractivity contribution >= 4 is 35.1 Å². The van der Waals surface area contributed by atoms with Gasteiger partial charge in [0.2, 0.25) is 11.8 Å². The summed E-state index contributed by atoms with van der Waals surface area (Å²) in [5, 5.41) is 10.1. The van der Waals surface area contributed by atoms with Crippen LogP contribution in [0, 0.1) is 0 Å². The molecule has 34 heavy (non-hydrogen) atoms. The van der Waals surface area contributed by atoms with Gasteiger partial charge in [0, 0.05) is 23.0 Å². The van der Waals surface area contributed by atoms with Gasteiger partial charge in [0.05, 0.1) is 12.4 Å². The lowest BCUT2D eigenvalue weighted by Gasteiger charge is -2.31. The van der Waals surface area contributed by atoms with Crippen LogP contribution in [0.5, 0.6) is 0 Å². The van der Waals surface area contributed by atoms with E-state index in [2.05, 4.69) is 20.5 Å². The van der Waals surface area contributed by atoms with Crippen LogP contribution in [0.1, 0.15) is 32.4 Å². The van der Waals surface area contributed by atoms with Crippen LogP contribution in [0.25, 0.3) is 11.3 Å². The molecule has 1 atom stereocenters. The van der Waals surface area contributed by atoms with Gasteiger partial charge in [0.15, 0.2) is 12.2 Å².